The van der Waals surface area contributed by atoms with Gasteiger partial charge in [-0.1, -0.05) is 185 Å². The number of allylic oxidation sites excluding steroid dienone is 6. The third-order valence-corrected chi connectivity index (χ3v) is 11.2. The minimum Gasteiger partial charge on any atom is -0.756 e. The molecular weight excluding hydrogens is 734 g/mol. The molecule has 0 bridgehead atoms. The number of unbranched alkanes of at least 4 members (excludes halogenated alkanes) is 24. The van der Waals surface area contributed by atoms with E-state index in [0.29, 0.717) is 24.1 Å². The van der Waals surface area contributed by atoms with Gasteiger partial charge in [0.2, 0.25) is 0 Å². The number of ether oxygens (including phenoxy) is 2. The molecular formula is C48H92NO7P. The zero-order chi connectivity index (χ0) is 42.0. The van der Waals surface area contributed by atoms with Crippen LogP contribution in [0.4, 0.5) is 0 Å². The summed E-state index contributed by atoms with van der Waals surface area (Å²) in [6, 6.07) is 0. The molecule has 0 aliphatic carbocycles. The molecule has 8 nitrogen and oxygen atoms in total. The number of likely N-dealkylation sites (N-methyl/N-ethyl adjacent to an activating group) is 1. The van der Waals surface area contributed by atoms with Gasteiger partial charge in [-0.2, -0.15) is 0 Å². The fourth-order valence-electron chi connectivity index (χ4n) is 6.49. The number of nitrogens with zero attached hydrogens (tertiary/aromatic N) is 1. The summed E-state index contributed by atoms with van der Waals surface area (Å²) in [5.74, 6) is -0.337. The molecule has 0 spiro atoms. The van der Waals surface area contributed by atoms with Crippen molar-refractivity contribution in [2.75, 3.05) is 54.1 Å². The lowest BCUT2D eigenvalue weighted by atomic mass is 10.0. The maximum absolute atomic E-state index is 12.7. The van der Waals surface area contributed by atoms with E-state index in [-0.39, 0.29) is 25.8 Å². The standard InChI is InChI=1S/C48H92NO7P/c1-6-8-10-12-14-16-18-20-21-22-23-24-25-26-27-28-30-32-34-36-38-40-43-53-45-47(46-55-57(51,52)54-44-42-49(3,4)5)56-48(50)41-39-37-35-33-31-29-19-17-15-13-11-9-7-2/h18,20,22-23,25-26,47H,6-17,19,21,24,27-46H2,1-5H3/b20-18-,23-22-,26-25-. The predicted molar refractivity (Wildman–Crippen MR) is 240 cm³/mol. The first-order valence-corrected chi connectivity index (χ1v) is 25.2. The maximum Gasteiger partial charge on any atom is 0.306 e. The second-order valence-electron chi connectivity index (χ2n) is 17.1. The van der Waals surface area contributed by atoms with Crippen molar-refractivity contribution in [1.82, 2.24) is 0 Å². The molecule has 0 aromatic heterocycles. The van der Waals surface area contributed by atoms with Crippen molar-refractivity contribution in [3.8, 4) is 0 Å². The summed E-state index contributed by atoms with van der Waals surface area (Å²) in [5, 5.41) is 0. The molecule has 0 amide bonds. The third kappa shape index (κ3) is 45.7. The van der Waals surface area contributed by atoms with Crippen molar-refractivity contribution < 1.29 is 37.3 Å². The van der Waals surface area contributed by atoms with Crippen molar-refractivity contribution >= 4 is 13.8 Å². The SMILES string of the molecule is CCCCCCC/C=C\C/C=C\C/C=C\CCCCCCCCCOCC(COP(=O)([O-])OCC[N+](C)(C)C)OC(=O)CCCCCCCCCCCCCCC. The average molecular weight is 826 g/mol. The lowest BCUT2D eigenvalue weighted by Crippen LogP contribution is -2.37. The quantitative estimate of drug-likeness (QED) is 0.0198. The lowest BCUT2D eigenvalue weighted by molar-refractivity contribution is -0.870. The molecule has 0 rings (SSSR count). The molecule has 0 aromatic carbocycles. The maximum atomic E-state index is 12.7. The van der Waals surface area contributed by atoms with Crippen molar-refractivity contribution in [2.24, 2.45) is 0 Å². The van der Waals surface area contributed by atoms with Gasteiger partial charge in [-0.3, -0.25) is 9.36 Å². The fraction of sp³-hybridized carbons (Fsp3) is 0.854. The molecule has 0 N–H and O–H groups in total. The van der Waals surface area contributed by atoms with E-state index < -0.39 is 13.9 Å². The van der Waals surface area contributed by atoms with E-state index in [1.54, 1.807) is 0 Å². The summed E-state index contributed by atoms with van der Waals surface area (Å²) < 4.78 is 34.6. The first-order valence-electron chi connectivity index (χ1n) is 23.7. The highest BCUT2D eigenvalue weighted by molar-refractivity contribution is 7.45. The Labute approximate surface area is 353 Å². The number of rotatable bonds is 44. The van der Waals surface area contributed by atoms with Crippen LogP contribution in [0, 0.1) is 0 Å². The first kappa shape index (κ1) is 55.7. The highest BCUT2D eigenvalue weighted by atomic mass is 31.2. The highest BCUT2D eigenvalue weighted by Gasteiger charge is 2.20. The number of carbonyl (C=O) groups excluding carboxylic acids is 1. The number of esters is 1. The zero-order valence-electron chi connectivity index (χ0n) is 38.0. The summed E-state index contributed by atoms with van der Waals surface area (Å²) in [4.78, 5) is 25.1. The molecule has 2 unspecified atom stereocenters. The number of carbonyl (C=O) groups is 1. The molecule has 0 radical (unpaired) electrons. The first-order chi connectivity index (χ1) is 27.6. The average Bonchev–Trinajstić information content (AvgIpc) is 3.16. The van der Waals surface area contributed by atoms with Gasteiger partial charge in [-0.05, 0) is 51.4 Å². The number of phosphoric ester groups is 1. The van der Waals surface area contributed by atoms with Gasteiger partial charge in [0.1, 0.15) is 19.3 Å². The van der Waals surface area contributed by atoms with Crippen LogP contribution in [-0.2, 0) is 27.9 Å². The van der Waals surface area contributed by atoms with Gasteiger partial charge in [0.25, 0.3) is 7.82 Å². The van der Waals surface area contributed by atoms with Gasteiger partial charge in [-0.25, -0.2) is 0 Å². The van der Waals surface area contributed by atoms with Crippen LogP contribution < -0.4 is 4.89 Å². The molecule has 0 heterocycles. The Kier molecular flexibility index (Phi) is 40.5. The Balaban J connectivity index is 4.17. The van der Waals surface area contributed by atoms with Gasteiger partial charge >= 0.3 is 5.97 Å². The molecule has 0 saturated carbocycles. The van der Waals surface area contributed by atoms with Gasteiger partial charge < -0.3 is 27.9 Å². The molecule has 336 valence electrons. The Morgan fingerprint density at radius 3 is 1.44 bits per heavy atom. The smallest absolute Gasteiger partial charge is 0.306 e. The van der Waals surface area contributed by atoms with Crippen LogP contribution in [0.3, 0.4) is 0 Å². The summed E-state index contributed by atoms with van der Waals surface area (Å²) in [6.07, 6.45) is 48.7. The van der Waals surface area contributed by atoms with Crippen LogP contribution >= 0.6 is 7.82 Å². The second kappa shape index (κ2) is 41.5. The van der Waals surface area contributed by atoms with E-state index in [1.165, 1.54) is 135 Å². The Bertz CT molecular complexity index is 1010. The van der Waals surface area contributed by atoms with E-state index >= 15 is 0 Å². The van der Waals surface area contributed by atoms with Gasteiger partial charge in [0.15, 0.2) is 0 Å². The van der Waals surface area contributed by atoms with Crippen LogP contribution in [0.5, 0.6) is 0 Å². The molecule has 0 saturated heterocycles. The summed E-state index contributed by atoms with van der Waals surface area (Å²) in [7, 11) is 1.35. The molecule has 0 aromatic rings. The number of quaternary nitrogens is 1. The minimum atomic E-state index is -4.53. The Hall–Kier alpha value is -1.28. The molecule has 9 heteroatoms. The van der Waals surface area contributed by atoms with E-state index in [2.05, 4.69) is 50.3 Å². The Morgan fingerprint density at radius 2 is 0.965 bits per heavy atom. The number of hydrogen-bond acceptors (Lipinski definition) is 7. The zero-order valence-corrected chi connectivity index (χ0v) is 38.9. The number of phosphoric acid groups is 1. The summed E-state index contributed by atoms with van der Waals surface area (Å²) in [6.45, 7) is 5.39. The highest BCUT2D eigenvalue weighted by Crippen LogP contribution is 2.38. The van der Waals surface area contributed by atoms with E-state index in [1.807, 2.05) is 21.1 Å². The molecule has 0 fully saturated rings. The van der Waals surface area contributed by atoms with Crippen molar-refractivity contribution in [3.63, 3.8) is 0 Å². The third-order valence-electron chi connectivity index (χ3n) is 10.2. The Morgan fingerprint density at radius 1 is 0.544 bits per heavy atom. The van der Waals surface area contributed by atoms with Crippen molar-refractivity contribution in [3.05, 3.63) is 36.5 Å². The van der Waals surface area contributed by atoms with E-state index in [9.17, 15) is 14.3 Å². The molecule has 0 aliphatic heterocycles. The monoisotopic (exact) mass is 826 g/mol. The van der Waals surface area contributed by atoms with Crippen LogP contribution in [0.2, 0.25) is 0 Å². The van der Waals surface area contributed by atoms with E-state index in [0.717, 1.165) is 51.4 Å². The van der Waals surface area contributed by atoms with Crippen LogP contribution in [0.15, 0.2) is 36.5 Å². The van der Waals surface area contributed by atoms with E-state index in [4.69, 9.17) is 18.5 Å². The van der Waals surface area contributed by atoms with Gasteiger partial charge in [-0.15, -0.1) is 0 Å². The molecule has 2 atom stereocenters. The topological polar surface area (TPSA) is 94.1 Å². The van der Waals surface area contributed by atoms with Gasteiger partial charge in [0, 0.05) is 13.0 Å². The van der Waals surface area contributed by atoms with Crippen LogP contribution in [0.1, 0.15) is 206 Å². The van der Waals surface area contributed by atoms with Crippen LogP contribution in [-0.4, -0.2) is 70.7 Å². The predicted octanol–water partition coefficient (Wildman–Crippen LogP) is 13.5. The van der Waals surface area contributed by atoms with Crippen molar-refractivity contribution in [1.29, 1.82) is 0 Å². The molecule has 0 aliphatic rings. The minimum absolute atomic E-state index is 0.0248. The summed E-state index contributed by atoms with van der Waals surface area (Å²) >= 11 is 0. The van der Waals surface area contributed by atoms with Crippen molar-refractivity contribution in [2.45, 2.75) is 213 Å². The fourth-order valence-corrected chi connectivity index (χ4v) is 7.22. The van der Waals surface area contributed by atoms with Crippen LogP contribution in [0.25, 0.3) is 0 Å². The summed E-state index contributed by atoms with van der Waals surface area (Å²) in [5.41, 5.74) is 0. The largest absolute Gasteiger partial charge is 0.756 e. The normalized spacial score (nSPS) is 14.0. The number of hydrogen-bond donors (Lipinski definition) is 0. The van der Waals surface area contributed by atoms with Gasteiger partial charge in [0.05, 0.1) is 34.4 Å². The lowest BCUT2D eigenvalue weighted by Gasteiger charge is -2.28. The molecule has 57 heavy (non-hydrogen) atoms. The second-order valence-corrected chi connectivity index (χ2v) is 18.5.